The summed E-state index contributed by atoms with van der Waals surface area (Å²) in [7, 11) is 1.70. The van der Waals surface area contributed by atoms with Crippen LogP contribution in [-0.4, -0.2) is 48.3 Å². The smallest absolute Gasteiger partial charge is 0.321 e. The predicted octanol–water partition coefficient (Wildman–Crippen LogP) is 0.791. The van der Waals surface area contributed by atoms with Gasteiger partial charge in [-0.15, -0.1) is 0 Å². The minimum absolute atomic E-state index is 0.171. The van der Waals surface area contributed by atoms with E-state index in [1.165, 1.54) is 0 Å². The van der Waals surface area contributed by atoms with E-state index in [1.807, 2.05) is 31.2 Å². The fourth-order valence-corrected chi connectivity index (χ4v) is 2.13. The summed E-state index contributed by atoms with van der Waals surface area (Å²) in [6, 6.07) is 7.26. The minimum Gasteiger partial charge on any atom is -0.390 e. The van der Waals surface area contributed by atoms with Gasteiger partial charge in [-0.1, -0.05) is 12.1 Å². The second kappa shape index (κ2) is 5.37. The summed E-state index contributed by atoms with van der Waals surface area (Å²) in [5, 5.41) is 15.6. The minimum atomic E-state index is -0.502. The molecular formula is C13H19N3O2. The number of hydrogen-bond acceptors (Lipinski definition) is 3. The maximum atomic E-state index is 12.0. The number of nitrogens with zero attached hydrogens (tertiary/aromatic N) is 1. The Morgan fingerprint density at radius 3 is 2.89 bits per heavy atom. The largest absolute Gasteiger partial charge is 0.390 e. The second-order valence-corrected chi connectivity index (χ2v) is 4.70. The van der Waals surface area contributed by atoms with Gasteiger partial charge in [0.05, 0.1) is 12.1 Å². The van der Waals surface area contributed by atoms with E-state index in [0.29, 0.717) is 13.1 Å². The molecule has 0 aromatic heterocycles. The van der Waals surface area contributed by atoms with Crippen LogP contribution in [0.15, 0.2) is 24.3 Å². The van der Waals surface area contributed by atoms with E-state index < -0.39 is 6.10 Å². The van der Waals surface area contributed by atoms with Crippen LogP contribution >= 0.6 is 0 Å². The van der Waals surface area contributed by atoms with Crippen LogP contribution in [-0.2, 0) is 0 Å². The Kier molecular flexibility index (Phi) is 3.84. The molecule has 2 rings (SSSR count). The molecule has 1 fully saturated rings. The van der Waals surface area contributed by atoms with Crippen molar-refractivity contribution in [2.75, 3.05) is 25.5 Å². The molecule has 0 aliphatic carbocycles. The van der Waals surface area contributed by atoms with Gasteiger partial charge in [-0.3, -0.25) is 0 Å². The van der Waals surface area contributed by atoms with Crippen molar-refractivity contribution in [3.05, 3.63) is 29.8 Å². The van der Waals surface area contributed by atoms with Gasteiger partial charge in [0.25, 0.3) is 0 Å². The van der Waals surface area contributed by atoms with E-state index in [4.69, 9.17) is 0 Å². The normalized spacial score (nSPS) is 22.8. The van der Waals surface area contributed by atoms with Crippen LogP contribution in [0.4, 0.5) is 10.5 Å². The number of aliphatic hydroxyl groups excluding tert-OH is 1. The molecule has 5 nitrogen and oxygen atoms in total. The molecule has 3 N–H and O–H groups in total. The Labute approximate surface area is 107 Å². The molecule has 1 aliphatic heterocycles. The first-order chi connectivity index (χ1) is 8.58. The van der Waals surface area contributed by atoms with Gasteiger partial charge >= 0.3 is 6.03 Å². The number of nitrogens with one attached hydrogen (secondary N) is 2. The molecule has 0 spiro atoms. The first kappa shape index (κ1) is 12.9. The van der Waals surface area contributed by atoms with Crippen molar-refractivity contribution >= 4 is 11.7 Å². The number of benzene rings is 1. The van der Waals surface area contributed by atoms with Crippen molar-refractivity contribution in [1.29, 1.82) is 0 Å². The number of aryl methyl sites for hydroxylation is 1. The summed E-state index contributed by atoms with van der Waals surface area (Å²) in [5.41, 5.74) is 1.87. The molecule has 1 aromatic carbocycles. The molecule has 1 heterocycles. The van der Waals surface area contributed by atoms with Crippen molar-refractivity contribution in [3.63, 3.8) is 0 Å². The molecule has 2 amide bonds. The fraction of sp³-hybridized carbons (Fsp3) is 0.462. The maximum Gasteiger partial charge on any atom is 0.321 e. The molecule has 2 atom stereocenters. The number of aliphatic hydroxyl groups is 1. The van der Waals surface area contributed by atoms with Gasteiger partial charge in [0.2, 0.25) is 0 Å². The molecule has 1 aliphatic rings. The van der Waals surface area contributed by atoms with Gasteiger partial charge < -0.3 is 20.6 Å². The number of carbonyl (C=O) groups excluding carboxylic acids is 1. The highest BCUT2D eigenvalue weighted by Crippen LogP contribution is 2.13. The van der Waals surface area contributed by atoms with E-state index in [9.17, 15) is 9.90 Å². The van der Waals surface area contributed by atoms with Crippen molar-refractivity contribution in [2.24, 2.45) is 0 Å². The molecular weight excluding hydrogens is 230 g/mol. The van der Waals surface area contributed by atoms with Gasteiger partial charge in [-0.25, -0.2) is 4.79 Å². The summed E-state index contributed by atoms with van der Waals surface area (Å²) in [5.74, 6) is 0. The SMILES string of the molecule is Cc1cccc(NC(=O)N(C)[C@H]2CNC[C@@H]2O)c1. The lowest BCUT2D eigenvalue weighted by molar-refractivity contribution is 0.115. The molecule has 0 radical (unpaired) electrons. The molecule has 1 aromatic rings. The molecule has 0 saturated carbocycles. The van der Waals surface area contributed by atoms with Gasteiger partial charge in [0.1, 0.15) is 0 Å². The van der Waals surface area contributed by atoms with Crippen LogP contribution in [0.5, 0.6) is 0 Å². The number of anilines is 1. The molecule has 98 valence electrons. The number of likely N-dealkylation sites (N-methyl/N-ethyl adjacent to an activating group) is 1. The highest BCUT2D eigenvalue weighted by Gasteiger charge is 2.31. The lowest BCUT2D eigenvalue weighted by atomic mass is 10.2. The van der Waals surface area contributed by atoms with Crippen molar-refractivity contribution in [1.82, 2.24) is 10.2 Å². The van der Waals surface area contributed by atoms with Crippen LogP contribution in [0.1, 0.15) is 5.56 Å². The Morgan fingerprint density at radius 1 is 1.50 bits per heavy atom. The Bertz CT molecular complexity index is 436. The highest BCUT2D eigenvalue weighted by atomic mass is 16.3. The molecule has 0 bridgehead atoms. The second-order valence-electron chi connectivity index (χ2n) is 4.70. The van der Waals surface area contributed by atoms with Crippen LogP contribution in [0.2, 0.25) is 0 Å². The van der Waals surface area contributed by atoms with Crippen LogP contribution in [0.25, 0.3) is 0 Å². The Hall–Kier alpha value is -1.59. The summed E-state index contributed by atoms with van der Waals surface area (Å²) in [4.78, 5) is 13.6. The topological polar surface area (TPSA) is 64.6 Å². The zero-order chi connectivity index (χ0) is 13.1. The lowest BCUT2D eigenvalue weighted by Crippen LogP contribution is -2.46. The maximum absolute atomic E-state index is 12.0. The van der Waals surface area contributed by atoms with Crippen molar-refractivity contribution in [2.45, 2.75) is 19.1 Å². The zero-order valence-electron chi connectivity index (χ0n) is 10.7. The van der Waals surface area contributed by atoms with E-state index in [1.54, 1.807) is 11.9 Å². The summed E-state index contributed by atoms with van der Waals surface area (Å²) in [6.45, 7) is 3.13. The standard InChI is InChI=1S/C13H19N3O2/c1-9-4-3-5-10(6-9)15-13(18)16(2)11-7-14-8-12(11)17/h3-6,11-12,14,17H,7-8H2,1-2H3,(H,15,18)/t11-,12-/m0/s1. The predicted molar refractivity (Wildman–Crippen MR) is 70.6 cm³/mol. The quantitative estimate of drug-likeness (QED) is 0.726. The monoisotopic (exact) mass is 249 g/mol. The van der Waals surface area contributed by atoms with E-state index in [0.717, 1.165) is 11.3 Å². The van der Waals surface area contributed by atoms with Gasteiger partial charge in [-0.2, -0.15) is 0 Å². The highest BCUT2D eigenvalue weighted by molar-refractivity contribution is 5.89. The number of amides is 2. The van der Waals surface area contributed by atoms with Gasteiger partial charge in [0.15, 0.2) is 0 Å². The van der Waals surface area contributed by atoms with Crippen LogP contribution < -0.4 is 10.6 Å². The average molecular weight is 249 g/mol. The first-order valence-corrected chi connectivity index (χ1v) is 6.07. The summed E-state index contributed by atoms with van der Waals surface area (Å²) >= 11 is 0. The van der Waals surface area contributed by atoms with E-state index >= 15 is 0 Å². The fourth-order valence-electron chi connectivity index (χ4n) is 2.13. The van der Waals surface area contributed by atoms with Crippen molar-refractivity contribution in [3.8, 4) is 0 Å². The third-order valence-corrected chi connectivity index (χ3v) is 3.24. The van der Waals surface area contributed by atoms with Crippen LogP contribution in [0, 0.1) is 6.92 Å². The number of carbonyl (C=O) groups is 1. The van der Waals surface area contributed by atoms with Crippen LogP contribution in [0.3, 0.4) is 0 Å². The first-order valence-electron chi connectivity index (χ1n) is 6.07. The Balaban J connectivity index is 1.99. The number of hydrogen-bond donors (Lipinski definition) is 3. The lowest BCUT2D eigenvalue weighted by Gasteiger charge is -2.26. The number of rotatable bonds is 2. The molecule has 0 unspecified atom stereocenters. The number of urea groups is 1. The van der Waals surface area contributed by atoms with Gasteiger partial charge in [-0.05, 0) is 24.6 Å². The average Bonchev–Trinajstić information content (AvgIpc) is 2.74. The third kappa shape index (κ3) is 2.80. The molecule has 1 saturated heterocycles. The van der Waals surface area contributed by atoms with Crippen molar-refractivity contribution < 1.29 is 9.90 Å². The molecule has 5 heteroatoms. The summed E-state index contributed by atoms with van der Waals surface area (Å²) in [6.07, 6.45) is -0.502. The zero-order valence-corrected chi connectivity index (χ0v) is 10.7. The third-order valence-electron chi connectivity index (χ3n) is 3.24. The molecule has 18 heavy (non-hydrogen) atoms. The van der Waals surface area contributed by atoms with Gasteiger partial charge in [0, 0.05) is 25.8 Å². The summed E-state index contributed by atoms with van der Waals surface area (Å²) < 4.78 is 0. The van der Waals surface area contributed by atoms with E-state index in [-0.39, 0.29) is 12.1 Å². The Morgan fingerprint density at radius 2 is 2.28 bits per heavy atom. The van der Waals surface area contributed by atoms with E-state index in [2.05, 4.69) is 10.6 Å². The number of β-amino-alcohol motifs (C(OH)–C–C–N with tert-alkyl or cyclic N) is 1.